The van der Waals surface area contributed by atoms with Crippen molar-refractivity contribution in [2.45, 2.75) is 95.3 Å². The summed E-state index contributed by atoms with van der Waals surface area (Å²) in [6, 6.07) is 10.4. The van der Waals surface area contributed by atoms with Gasteiger partial charge in [0.25, 0.3) is 15.9 Å². The lowest BCUT2D eigenvalue weighted by Gasteiger charge is -2.36. The Morgan fingerprint density at radius 3 is 2.40 bits per heavy atom. The highest BCUT2D eigenvalue weighted by Crippen LogP contribution is 2.30. The summed E-state index contributed by atoms with van der Waals surface area (Å²) in [5.74, 6) is 1.28. The molecule has 1 heterocycles. The molecule has 1 aliphatic heterocycles. The molecular weight excluding hydrogens is 618 g/mol. The van der Waals surface area contributed by atoms with Crippen molar-refractivity contribution < 1.29 is 32.5 Å². The Labute approximate surface area is 281 Å². The normalized spacial score (nSPS) is 23.0. The third kappa shape index (κ3) is 10.6. The SMILES string of the molecule is COc1ccc(S(=O)(=O)Nc2ccc3c(c2)C(=O)N([C@H](C)CO)C[C@H](C)[C@@H](CN(C)CC2CCCCC2)OCCCC[C@H](C)O3)cc1. The maximum absolute atomic E-state index is 14.4. The predicted molar refractivity (Wildman–Crippen MR) is 185 cm³/mol. The van der Waals surface area contributed by atoms with Crippen LogP contribution in [0.25, 0.3) is 0 Å². The molecule has 0 unspecified atom stereocenters. The van der Waals surface area contributed by atoms with Crippen LogP contribution in [0.4, 0.5) is 5.69 Å². The van der Waals surface area contributed by atoms with Crippen molar-refractivity contribution in [1.29, 1.82) is 0 Å². The van der Waals surface area contributed by atoms with Crippen molar-refractivity contribution in [3.05, 3.63) is 48.0 Å². The van der Waals surface area contributed by atoms with Gasteiger partial charge in [-0.3, -0.25) is 9.52 Å². The second-order valence-corrected chi connectivity index (χ2v) is 15.2. The van der Waals surface area contributed by atoms with Crippen LogP contribution >= 0.6 is 0 Å². The molecule has 2 N–H and O–H groups in total. The lowest BCUT2D eigenvalue weighted by atomic mass is 9.89. The van der Waals surface area contributed by atoms with Crippen LogP contribution in [0.5, 0.6) is 11.5 Å². The minimum atomic E-state index is -3.95. The van der Waals surface area contributed by atoms with Gasteiger partial charge in [0.15, 0.2) is 0 Å². The van der Waals surface area contributed by atoms with Crippen LogP contribution in [0.15, 0.2) is 47.4 Å². The van der Waals surface area contributed by atoms with Crippen molar-refractivity contribution in [3.8, 4) is 11.5 Å². The van der Waals surface area contributed by atoms with E-state index in [4.69, 9.17) is 14.2 Å². The van der Waals surface area contributed by atoms with Gasteiger partial charge >= 0.3 is 0 Å². The van der Waals surface area contributed by atoms with E-state index in [2.05, 4.69) is 23.6 Å². The number of carbonyl (C=O) groups is 1. The molecule has 0 saturated heterocycles. The van der Waals surface area contributed by atoms with E-state index in [0.29, 0.717) is 30.6 Å². The second-order valence-electron chi connectivity index (χ2n) is 13.5. The van der Waals surface area contributed by atoms with Gasteiger partial charge in [0, 0.05) is 37.8 Å². The molecule has 1 aliphatic carbocycles. The minimum Gasteiger partial charge on any atom is -0.497 e. The first-order chi connectivity index (χ1) is 22.5. The number of anilines is 1. The van der Waals surface area contributed by atoms with E-state index >= 15 is 0 Å². The Balaban J connectivity index is 1.61. The number of benzene rings is 2. The number of hydrogen-bond acceptors (Lipinski definition) is 8. The molecule has 47 heavy (non-hydrogen) atoms. The Hall–Kier alpha value is -2.86. The molecule has 0 radical (unpaired) electrons. The molecule has 1 saturated carbocycles. The van der Waals surface area contributed by atoms with E-state index in [1.54, 1.807) is 29.2 Å². The van der Waals surface area contributed by atoms with Crippen molar-refractivity contribution in [1.82, 2.24) is 9.80 Å². The zero-order chi connectivity index (χ0) is 34.0. The first-order valence-corrected chi connectivity index (χ1v) is 18.7. The lowest BCUT2D eigenvalue weighted by molar-refractivity contribution is -0.0190. The number of nitrogens with zero attached hydrogens (tertiary/aromatic N) is 2. The molecule has 262 valence electrons. The summed E-state index contributed by atoms with van der Waals surface area (Å²) in [6.45, 7) is 8.48. The number of hydrogen-bond donors (Lipinski definition) is 2. The minimum absolute atomic E-state index is 0.0234. The zero-order valence-corrected chi connectivity index (χ0v) is 29.6. The lowest BCUT2D eigenvalue weighted by Crippen LogP contribution is -2.47. The first kappa shape index (κ1) is 37.0. The van der Waals surface area contributed by atoms with E-state index in [-0.39, 0.29) is 46.8 Å². The van der Waals surface area contributed by atoms with Crippen LogP contribution in [0.3, 0.4) is 0 Å². The Morgan fingerprint density at radius 2 is 1.72 bits per heavy atom. The molecule has 4 atom stereocenters. The van der Waals surface area contributed by atoms with Crippen LogP contribution < -0.4 is 14.2 Å². The molecule has 4 rings (SSSR count). The zero-order valence-electron chi connectivity index (χ0n) is 28.8. The highest BCUT2D eigenvalue weighted by Gasteiger charge is 2.31. The van der Waals surface area contributed by atoms with Gasteiger partial charge in [-0.2, -0.15) is 0 Å². The van der Waals surface area contributed by atoms with Crippen LogP contribution in [0.1, 0.15) is 82.5 Å². The third-order valence-corrected chi connectivity index (χ3v) is 10.9. The molecule has 1 amide bonds. The Bertz CT molecular complexity index is 1380. The number of carbonyl (C=O) groups excluding carboxylic acids is 1. The van der Waals surface area contributed by atoms with Crippen LogP contribution in [0.2, 0.25) is 0 Å². The van der Waals surface area contributed by atoms with E-state index in [0.717, 1.165) is 32.4 Å². The maximum atomic E-state index is 14.4. The number of nitrogens with one attached hydrogen (secondary N) is 1. The van der Waals surface area contributed by atoms with Crippen LogP contribution in [-0.4, -0.2) is 94.5 Å². The molecular formula is C36H55N3O7S. The van der Waals surface area contributed by atoms with Crippen molar-refractivity contribution in [3.63, 3.8) is 0 Å². The fourth-order valence-corrected chi connectivity index (χ4v) is 7.66. The summed E-state index contributed by atoms with van der Waals surface area (Å²) in [4.78, 5) is 18.5. The number of rotatable bonds is 10. The van der Waals surface area contributed by atoms with Gasteiger partial charge < -0.3 is 29.1 Å². The predicted octanol–water partition coefficient (Wildman–Crippen LogP) is 5.80. The fraction of sp³-hybridized carbons (Fsp3) is 0.639. The number of likely N-dealkylation sites (N-methyl/N-ethyl adjacent to an activating group) is 1. The highest BCUT2D eigenvalue weighted by molar-refractivity contribution is 7.92. The molecule has 0 aromatic heterocycles. The number of amides is 1. The maximum Gasteiger partial charge on any atom is 0.261 e. The van der Waals surface area contributed by atoms with E-state index in [1.165, 1.54) is 57.4 Å². The summed E-state index contributed by atoms with van der Waals surface area (Å²) in [6.07, 6.45) is 8.82. The van der Waals surface area contributed by atoms with Gasteiger partial charge in [-0.05, 0) is 101 Å². The summed E-state index contributed by atoms with van der Waals surface area (Å²) < 4.78 is 47.1. The van der Waals surface area contributed by atoms with Gasteiger partial charge in [-0.15, -0.1) is 0 Å². The average molecular weight is 674 g/mol. The van der Waals surface area contributed by atoms with E-state index in [1.807, 2.05) is 13.8 Å². The standard InChI is InChI=1S/C36H55N3O7S/c1-26-22-39(27(2)25-40)36(41)33-21-30(37-47(42,43)32-17-15-31(44-5)16-18-32)14-19-34(33)46-28(3)11-9-10-20-45-35(26)24-38(4)23-29-12-7-6-8-13-29/h14-19,21,26-29,35,37,40H,6-13,20,22-25H2,1-5H3/t26-,27+,28-,35+/m0/s1. The molecule has 2 aliphatic rings. The van der Waals surface area contributed by atoms with Crippen LogP contribution in [0, 0.1) is 11.8 Å². The highest BCUT2D eigenvalue weighted by atomic mass is 32.2. The van der Waals surface area contributed by atoms with Gasteiger partial charge in [0.1, 0.15) is 11.5 Å². The Kier molecular flexibility index (Phi) is 13.8. The van der Waals surface area contributed by atoms with Crippen molar-refractivity contribution >= 4 is 21.6 Å². The number of fused-ring (bicyclic) bond motifs is 1. The molecule has 0 bridgehead atoms. The summed E-state index contributed by atoms with van der Waals surface area (Å²) in [5, 5.41) is 10.3. The van der Waals surface area contributed by atoms with Gasteiger partial charge in [-0.1, -0.05) is 26.2 Å². The van der Waals surface area contributed by atoms with Crippen LogP contribution in [-0.2, 0) is 14.8 Å². The second kappa shape index (κ2) is 17.5. The smallest absolute Gasteiger partial charge is 0.261 e. The molecule has 1 fully saturated rings. The summed E-state index contributed by atoms with van der Waals surface area (Å²) in [5.41, 5.74) is 0.476. The van der Waals surface area contributed by atoms with Gasteiger partial charge in [-0.25, -0.2) is 8.42 Å². The average Bonchev–Trinajstić information content (AvgIpc) is 3.06. The van der Waals surface area contributed by atoms with E-state index < -0.39 is 16.1 Å². The van der Waals surface area contributed by atoms with Crippen molar-refractivity contribution in [2.24, 2.45) is 11.8 Å². The molecule has 11 heteroatoms. The molecule has 2 aromatic rings. The number of ether oxygens (including phenoxy) is 3. The molecule has 2 aromatic carbocycles. The monoisotopic (exact) mass is 673 g/mol. The van der Waals surface area contributed by atoms with Gasteiger partial charge in [0.05, 0.1) is 42.4 Å². The number of sulfonamides is 1. The summed E-state index contributed by atoms with van der Waals surface area (Å²) in [7, 11) is -0.266. The first-order valence-electron chi connectivity index (χ1n) is 17.2. The number of methoxy groups -OCH3 is 1. The molecule has 10 nitrogen and oxygen atoms in total. The summed E-state index contributed by atoms with van der Waals surface area (Å²) >= 11 is 0. The molecule has 0 spiro atoms. The Morgan fingerprint density at radius 1 is 1.02 bits per heavy atom. The topological polar surface area (TPSA) is 118 Å². The van der Waals surface area contributed by atoms with Crippen molar-refractivity contribution in [2.75, 3.05) is 51.7 Å². The van der Waals surface area contributed by atoms with Gasteiger partial charge in [0.2, 0.25) is 0 Å². The number of aliphatic hydroxyl groups excluding tert-OH is 1. The largest absolute Gasteiger partial charge is 0.497 e. The van der Waals surface area contributed by atoms with E-state index in [9.17, 15) is 18.3 Å². The quantitative estimate of drug-likeness (QED) is 0.325. The third-order valence-electron chi connectivity index (χ3n) is 9.46. The fourth-order valence-electron chi connectivity index (χ4n) is 6.61. The number of aliphatic hydroxyl groups is 1.